The van der Waals surface area contributed by atoms with Gasteiger partial charge in [0.05, 0.1) is 12.6 Å². The maximum Gasteiger partial charge on any atom is 0.238 e. The van der Waals surface area contributed by atoms with E-state index in [1.54, 1.807) is 0 Å². The van der Waals surface area contributed by atoms with Gasteiger partial charge in [0.1, 0.15) is 13.2 Å². The molecule has 0 atom stereocenters. The minimum atomic E-state index is -0.0113. The van der Waals surface area contributed by atoms with Crippen molar-refractivity contribution in [3.63, 3.8) is 0 Å². The Morgan fingerprint density at radius 3 is 2.03 bits per heavy atom. The Morgan fingerprint density at radius 1 is 0.788 bits per heavy atom. The lowest BCUT2D eigenvalue weighted by molar-refractivity contribution is -0.117. The largest absolute Gasteiger partial charge is 0.486 e. The Hall–Kier alpha value is -3.35. The van der Waals surface area contributed by atoms with Crippen LogP contribution in [0, 0.1) is 0 Å². The summed E-state index contributed by atoms with van der Waals surface area (Å²) in [5.41, 5.74) is 3.33. The second kappa shape index (κ2) is 10.1. The number of piperazine rings is 1. The van der Waals surface area contributed by atoms with E-state index < -0.39 is 0 Å². The summed E-state index contributed by atoms with van der Waals surface area (Å²) >= 11 is 0. The number of carbonyl (C=O) groups excluding carboxylic acids is 1. The molecule has 2 heterocycles. The molecule has 5 rings (SSSR count). The molecule has 3 aromatic carbocycles. The van der Waals surface area contributed by atoms with E-state index in [0.717, 1.165) is 37.6 Å². The molecule has 2 aliphatic rings. The van der Waals surface area contributed by atoms with Crippen molar-refractivity contribution in [1.82, 2.24) is 9.80 Å². The maximum absolute atomic E-state index is 12.7. The van der Waals surface area contributed by atoms with Crippen molar-refractivity contribution in [1.29, 1.82) is 0 Å². The van der Waals surface area contributed by atoms with Gasteiger partial charge in [-0.25, -0.2) is 0 Å². The standard InChI is InChI=1S/C27H29N3O3/c31-26(28-23-11-12-24-25(19-23)33-18-17-32-24)20-29-13-15-30(16-14-29)27(21-7-3-1-4-8-21)22-9-5-2-6-10-22/h1-12,19,27H,13-18,20H2,(H,28,31). The first kappa shape index (κ1) is 21.5. The number of hydrogen-bond donors (Lipinski definition) is 1. The minimum absolute atomic E-state index is 0.0113. The first-order valence-corrected chi connectivity index (χ1v) is 11.5. The molecule has 2 aliphatic heterocycles. The number of benzene rings is 3. The van der Waals surface area contributed by atoms with Crippen molar-refractivity contribution in [3.05, 3.63) is 90.0 Å². The summed E-state index contributed by atoms with van der Waals surface area (Å²) in [5, 5.41) is 3.00. The Bertz CT molecular complexity index is 1030. The third-order valence-corrected chi connectivity index (χ3v) is 6.20. The van der Waals surface area contributed by atoms with E-state index in [-0.39, 0.29) is 11.9 Å². The SMILES string of the molecule is O=C(CN1CCN(C(c2ccccc2)c2ccccc2)CC1)Nc1ccc2c(c1)OCCO2. The van der Waals surface area contributed by atoms with Crippen LogP contribution >= 0.6 is 0 Å². The number of ether oxygens (including phenoxy) is 2. The van der Waals surface area contributed by atoms with E-state index in [4.69, 9.17) is 9.47 Å². The average molecular weight is 444 g/mol. The van der Waals surface area contributed by atoms with Crippen molar-refractivity contribution in [2.75, 3.05) is 51.3 Å². The summed E-state index contributed by atoms with van der Waals surface area (Å²) in [7, 11) is 0. The second-order valence-corrected chi connectivity index (χ2v) is 8.44. The number of hydrogen-bond acceptors (Lipinski definition) is 5. The van der Waals surface area contributed by atoms with Gasteiger partial charge in [-0.15, -0.1) is 0 Å². The van der Waals surface area contributed by atoms with Gasteiger partial charge in [0.25, 0.3) is 0 Å². The highest BCUT2D eigenvalue weighted by Crippen LogP contribution is 2.33. The summed E-state index contributed by atoms with van der Waals surface area (Å²) < 4.78 is 11.2. The number of fused-ring (bicyclic) bond motifs is 1. The van der Waals surface area contributed by atoms with Gasteiger partial charge in [-0.2, -0.15) is 0 Å². The normalized spacial score (nSPS) is 16.5. The number of anilines is 1. The summed E-state index contributed by atoms with van der Waals surface area (Å²) in [6.45, 7) is 4.98. The predicted octanol–water partition coefficient (Wildman–Crippen LogP) is 3.80. The number of nitrogens with one attached hydrogen (secondary N) is 1. The molecule has 0 unspecified atom stereocenters. The van der Waals surface area contributed by atoms with Crippen LogP contribution in [0.2, 0.25) is 0 Å². The Kier molecular flexibility index (Phi) is 6.56. The minimum Gasteiger partial charge on any atom is -0.486 e. The van der Waals surface area contributed by atoms with Gasteiger partial charge in [-0.1, -0.05) is 60.7 Å². The van der Waals surface area contributed by atoms with Crippen molar-refractivity contribution in [2.24, 2.45) is 0 Å². The number of nitrogens with zero attached hydrogens (tertiary/aromatic N) is 2. The van der Waals surface area contributed by atoms with Gasteiger partial charge < -0.3 is 14.8 Å². The van der Waals surface area contributed by atoms with Crippen LogP contribution in [0.3, 0.4) is 0 Å². The molecular formula is C27H29N3O3. The van der Waals surface area contributed by atoms with Crippen LogP contribution in [0.25, 0.3) is 0 Å². The van der Waals surface area contributed by atoms with Gasteiger partial charge in [0.2, 0.25) is 5.91 Å². The molecule has 6 nitrogen and oxygen atoms in total. The molecule has 1 amide bonds. The van der Waals surface area contributed by atoms with Crippen LogP contribution in [0.5, 0.6) is 11.5 Å². The van der Waals surface area contributed by atoms with Crippen molar-refractivity contribution in [2.45, 2.75) is 6.04 Å². The van der Waals surface area contributed by atoms with E-state index in [2.05, 4.69) is 75.8 Å². The first-order valence-electron chi connectivity index (χ1n) is 11.5. The van der Waals surface area contributed by atoms with Crippen molar-refractivity contribution < 1.29 is 14.3 Å². The maximum atomic E-state index is 12.7. The Morgan fingerprint density at radius 2 is 1.39 bits per heavy atom. The highest BCUT2D eigenvalue weighted by Gasteiger charge is 2.27. The molecule has 6 heteroatoms. The molecule has 0 aliphatic carbocycles. The zero-order valence-electron chi connectivity index (χ0n) is 18.7. The molecule has 1 saturated heterocycles. The fourth-order valence-electron chi connectivity index (χ4n) is 4.59. The molecule has 0 spiro atoms. The molecule has 170 valence electrons. The van der Waals surface area contributed by atoms with Gasteiger partial charge >= 0.3 is 0 Å². The lowest BCUT2D eigenvalue weighted by Gasteiger charge is -2.39. The molecular weight excluding hydrogens is 414 g/mol. The monoisotopic (exact) mass is 443 g/mol. The number of carbonyl (C=O) groups is 1. The van der Waals surface area contributed by atoms with E-state index in [9.17, 15) is 4.79 Å². The van der Waals surface area contributed by atoms with Gasteiger partial charge in [-0.05, 0) is 23.3 Å². The van der Waals surface area contributed by atoms with Crippen LogP contribution in [0.1, 0.15) is 17.2 Å². The van der Waals surface area contributed by atoms with E-state index in [0.29, 0.717) is 25.5 Å². The molecule has 0 bridgehead atoms. The van der Waals surface area contributed by atoms with Gasteiger partial charge in [0.15, 0.2) is 11.5 Å². The fraction of sp³-hybridized carbons (Fsp3) is 0.296. The summed E-state index contributed by atoms with van der Waals surface area (Å²) in [6.07, 6.45) is 0. The van der Waals surface area contributed by atoms with E-state index in [1.165, 1.54) is 11.1 Å². The highest BCUT2D eigenvalue weighted by atomic mass is 16.6. The summed E-state index contributed by atoms with van der Waals surface area (Å²) in [5.74, 6) is 1.39. The Balaban J connectivity index is 1.19. The molecule has 3 aromatic rings. The summed E-state index contributed by atoms with van der Waals surface area (Å²) in [6, 6.07) is 27.1. The smallest absolute Gasteiger partial charge is 0.238 e. The number of amides is 1. The van der Waals surface area contributed by atoms with Gasteiger partial charge in [-0.3, -0.25) is 14.6 Å². The molecule has 0 saturated carbocycles. The van der Waals surface area contributed by atoms with E-state index >= 15 is 0 Å². The van der Waals surface area contributed by atoms with Crippen LogP contribution in [0.15, 0.2) is 78.9 Å². The predicted molar refractivity (Wildman–Crippen MR) is 129 cm³/mol. The van der Waals surface area contributed by atoms with Crippen LogP contribution < -0.4 is 14.8 Å². The highest BCUT2D eigenvalue weighted by molar-refractivity contribution is 5.92. The zero-order valence-corrected chi connectivity index (χ0v) is 18.7. The van der Waals surface area contributed by atoms with Crippen LogP contribution in [-0.2, 0) is 4.79 Å². The second-order valence-electron chi connectivity index (χ2n) is 8.44. The lowest BCUT2D eigenvalue weighted by atomic mass is 9.96. The topological polar surface area (TPSA) is 54.0 Å². The fourth-order valence-corrected chi connectivity index (χ4v) is 4.59. The third-order valence-electron chi connectivity index (χ3n) is 6.20. The first-order chi connectivity index (χ1) is 16.3. The van der Waals surface area contributed by atoms with Crippen molar-refractivity contribution >= 4 is 11.6 Å². The lowest BCUT2D eigenvalue weighted by Crippen LogP contribution is -2.49. The molecule has 33 heavy (non-hydrogen) atoms. The Labute approximate surface area is 194 Å². The molecule has 0 aromatic heterocycles. The van der Waals surface area contributed by atoms with Gasteiger partial charge in [0, 0.05) is 37.9 Å². The molecule has 1 fully saturated rings. The van der Waals surface area contributed by atoms with Crippen molar-refractivity contribution in [3.8, 4) is 11.5 Å². The average Bonchev–Trinajstić information content (AvgIpc) is 2.86. The van der Waals surface area contributed by atoms with E-state index in [1.807, 2.05) is 18.2 Å². The summed E-state index contributed by atoms with van der Waals surface area (Å²) in [4.78, 5) is 17.4. The zero-order chi connectivity index (χ0) is 22.5. The van der Waals surface area contributed by atoms with Crippen LogP contribution in [-0.4, -0.2) is 61.6 Å². The molecule has 0 radical (unpaired) electrons. The number of rotatable bonds is 6. The van der Waals surface area contributed by atoms with Crippen LogP contribution in [0.4, 0.5) is 5.69 Å². The quantitative estimate of drug-likeness (QED) is 0.628. The molecule has 1 N–H and O–H groups in total. The third kappa shape index (κ3) is 5.18.